The van der Waals surface area contributed by atoms with E-state index in [-0.39, 0.29) is 8.73 Å². The Morgan fingerprint density at radius 2 is 0.702 bits per heavy atom. The summed E-state index contributed by atoms with van der Waals surface area (Å²) in [4.78, 5) is 0. The van der Waals surface area contributed by atoms with Crippen LogP contribution in [0.25, 0.3) is 55.6 Å². The van der Waals surface area contributed by atoms with E-state index in [0.29, 0.717) is 0 Å². The molecule has 0 radical (unpaired) electrons. The third-order valence-electron chi connectivity index (χ3n) is 10.2. The van der Waals surface area contributed by atoms with Gasteiger partial charge in [0, 0.05) is 31.2 Å². The van der Waals surface area contributed by atoms with Crippen LogP contribution in [0.1, 0.15) is 0 Å². The number of nitrogens with zero attached hydrogens (tertiary/aromatic N) is 1. The van der Waals surface area contributed by atoms with E-state index >= 15 is 0 Å². The Labute approximate surface area is 337 Å². The van der Waals surface area contributed by atoms with Crippen LogP contribution in [0.5, 0.6) is 0 Å². The standard InChI is InChI=1S/C54H41N2P/c1-8-22-40(23-9-1)48-36-37-49(41-24-10-2-11-25-41)54(53(48)55-45-32-18-6-19-33-45)56(46-34-20-7-21-35-46)57-47-38-50(42-26-12-3-13-27-42)52(44-30-16-5-17-31-44)51(39-47)43-28-14-4-15-29-43/h1-39,55,57H. The first-order chi connectivity index (χ1) is 28.3. The van der Waals surface area contributed by atoms with Gasteiger partial charge in [-0.3, -0.25) is 0 Å². The molecule has 2 nitrogen and oxygen atoms in total. The highest BCUT2D eigenvalue weighted by Gasteiger charge is 2.25. The lowest BCUT2D eigenvalue weighted by Gasteiger charge is -2.32. The number of nitrogens with one attached hydrogen (secondary N) is 1. The maximum atomic E-state index is 3.95. The molecular formula is C54H41N2P. The van der Waals surface area contributed by atoms with Crippen molar-refractivity contribution in [2.45, 2.75) is 0 Å². The molecule has 9 aromatic rings. The number of anilines is 4. The molecule has 0 aliphatic heterocycles. The van der Waals surface area contributed by atoms with E-state index in [1.165, 1.54) is 38.7 Å². The van der Waals surface area contributed by atoms with E-state index in [1.807, 2.05) is 0 Å². The molecule has 9 rings (SSSR count). The smallest absolute Gasteiger partial charge is 0.0770 e. The van der Waals surface area contributed by atoms with Crippen LogP contribution in [0.15, 0.2) is 237 Å². The third kappa shape index (κ3) is 7.78. The molecule has 0 aliphatic carbocycles. The zero-order valence-corrected chi connectivity index (χ0v) is 32.5. The van der Waals surface area contributed by atoms with Crippen LogP contribution in [-0.4, -0.2) is 0 Å². The quantitative estimate of drug-likeness (QED) is 0.133. The van der Waals surface area contributed by atoms with E-state index in [0.717, 1.165) is 45.0 Å². The highest BCUT2D eigenvalue weighted by atomic mass is 31.1. The van der Waals surface area contributed by atoms with Gasteiger partial charge in [0.2, 0.25) is 0 Å². The molecule has 3 heteroatoms. The molecule has 9 aromatic carbocycles. The number of hydrogen-bond acceptors (Lipinski definition) is 2. The van der Waals surface area contributed by atoms with E-state index in [2.05, 4.69) is 247 Å². The van der Waals surface area contributed by atoms with Gasteiger partial charge in [-0.2, -0.15) is 0 Å². The minimum Gasteiger partial charge on any atom is -0.353 e. The second-order valence-corrected chi connectivity index (χ2v) is 15.2. The first-order valence-corrected chi connectivity index (χ1v) is 20.3. The fraction of sp³-hybridized carbons (Fsp3) is 0. The minimum atomic E-state index is 0.233. The average Bonchev–Trinajstić information content (AvgIpc) is 3.30. The molecule has 272 valence electrons. The highest BCUT2D eigenvalue weighted by Crippen LogP contribution is 2.51. The molecule has 0 fully saturated rings. The van der Waals surface area contributed by atoms with Gasteiger partial charge in [0.05, 0.1) is 11.4 Å². The van der Waals surface area contributed by atoms with Crippen molar-refractivity contribution in [2.75, 3.05) is 9.99 Å². The zero-order chi connectivity index (χ0) is 38.2. The second kappa shape index (κ2) is 16.8. The molecule has 0 aliphatic rings. The van der Waals surface area contributed by atoms with Crippen LogP contribution in [0, 0.1) is 0 Å². The molecule has 1 N–H and O–H groups in total. The van der Waals surface area contributed by atoms with Crippen molar-refractivity contribution < 1.29 is 0 Å². The van der Waals surface area contributed by atoms with Crippen molar-refractivity contribution in [2.24, 2.45) is 0 Å². The molecular weight excluding hydrogens is 708 g/mol. The van der Waals surface area contributed by atoms with Crippen molar-refractivity contribution in [3.8, 4) is 55.6 Å². The Morgan fingerprint density at radius 3 is 1.18 bits per heavy atom. The molecule has 1 atom stereocenters. The lowest BCUT2D eigenvalue weighted by Crippen LogP contribution is -2.15. The summed E-state index contributed by atoms with van der Waals surface area (Å²) in [5.74, 6) is 0. The van der Waals surface area contributed by atoms with E-state index in [4.69, 9.17) is 0 Å². The number of rotatable bonds is 11. The first-order valence-electron chi connectivity index (χ1n) is 19.4. The Bertz CT molecular complexity index is 2630. The van der Waals surface area contributed by atoms with Gasteiger partial charge in [-0.25, -0.2) is 0 Å². The van der Waals surface area contributed by atoms with Crippen LogP contribution in [-0.2, 0) is 0 Å². The Balaban J connectivity index is 1.33. The summed E-state index contributed by atoms with van der Waals surface area (Å²) in [6.07, 6.45) is 0. The number of benzene rings is 9. The molecule has 57 heavy (non-hydrogen) atoms. The number of hydrogen-bond donors (Lipinski definition) is 1. The van der Waals surface area contributed by atoms with Crippen LogP contribution in [0.3, 0.4) is 0 Å². The summed E-state index contributed by atoms with van der Waals surface area (Å²) in [5, 5.41) is 5.18. The molecule has 0 heterocycles. The van der Waals surface area contributed by atoms with Gasteiger partial charge in [0.1, 0.15) is 0 Å². The van der Waals surface area contributed by atoms with Crippen molar-refractivity contribution >= 4 is 36.8 Å². The Morgan fingerprint density at radius 1 is 0.333 bits per heavy atom. The predicted octanol–water partition coefficient (Wildman–Crippen LogP) is 14.8. The van der Waals surface area contributed by atoms with Gasteiger partial charge in [-0.1, -0.05) is 200 Å². The molecule has 0 amide bonds. The summed E-state index contributed by atoms with van der Waals surface area (Å²) >= 11 is 0. The van der Waals surface area contributed by atoms with Crippen LogP contribution in [0.2, 0.25) is 0 Å². The topological polar surface area (TPSA) is 15.3 Å². The lowest BCUT2D eigenvalue weighted by atomic mass is 9.87. The molecule has 0 saturated heterocycles. The van der Waals surface area contributed by atoms with Gasteiger partial charge < -0.3 is 9.99 Å². The maximum absolute atomic E-state index is 3.95. The maximum Gasteiger partial charge on any atom is 0.0770 e. The minimum absolute atomic E-state index is 0.233. The predicted molar refractivity (Wildman–Crippen MR) is 246 cm³/mol. The normalized spacial score (nSPS) is 11.1. The SMILES string of the molecule is c1ccc(Nc2c(-c3ccccc3)ccc(-c3ccccc3)c2N(Pc2cc(-c3ccccc3)c(-c3ccccc3)c(-c3ccccc3)c2)c2ccccc2)cc1. The Hall–Kier alpha value is -6.99. The fourth-order valence-corrected chi connectivity index (χ4v) is 8.89. The van der Waals surface area contributed by atoms with E-state index in [1.54, 1.807) is 0 Å². The molecule has 0 bridgehead atoms. The van der Waals surface area contributed by atoms with Crippen LogP contribution < -0.4 is 15.3 Å². The van der Waals surface area contributed by atoms with E-state index in [9.17, 15) is 0 Å². The van der Waals surface area contributed by atoms with Gasteiger partial charge in [-0.15, -0.1) is 0 Å². The van der Waals surface area contributed by atoms with Crippen LogP contribution >= 0.6 is 8.73 Å². The third-order valence-corrected chi connectivity index (χ3v) is 11.5. The van der Waals surface area contributed by atoms with Gasteiger partial charge >= 0.3 is 0 Å². The monoisotopic (exact) mass is 748 g/mol. The molecule has 1 unspecified atom stereocenters. The second-order valence-electron chi connectivity index (χ2n) is 13.9. The Kier molecular flexibility index (Phi) is 10.5. The summed E-state index contributed by atoms with van der Waals surface area (Å²) < 4.78 is 2.53. The summed E-state index contributed by atoms with van der Waals surface area (Å²) in [6.45, 7) is 0. The molecule has 0 aromatic heterocycles. The van der Waals surface area contributed by atoms with Gasteiger partial charge in [0.15, 0.2) is 0 Å². The van der Waals surface area contributed by atoms with Crippen molar-refractivity contribution in [3.63, 3.8) is 0 Å². The first kappa shape index (κ1) is 35.7. The summed E-state index contributed by atoms with van der Waals surface area (Å²) in [6, 6.07) is 84.8. The summed E-state index contributed by atoms with van der Waals surface area (Å²) in [5.41, 5.74) is 16.1. The summed E-state index contributed by atoms with van der Waals surface area (Å²) in [7, 11) is 0.233. The van der Waals surface area contributed by atoms with E-state index < -0.39 is 0 Å². The molecule has 0 saturated carbocycles. The van der Waals surface area contributed by atoms with Crippen molar-refractivity contribution in [1.29, 1.82) is 0 Å². The number of para-hydroxylation sites is 2. The molecule has 0 spiro atoms. The van der Waals surface area contributed by atoms with Crippen molar-refractivity contribution in [3.05, 3.63) is 237 Å². The largest absolute Gasteiger partial charge is 0.353 e. The lowest BCUT2D eigenvalue weighted by molar-refractivity contribution is 1.40. The van der Waals surface area contributed by atoms with Gasteiger partial charge in [-0.05, 0) is 86.2 Å². The van der Waals surface area contributed by atoms with Crippen LogP contribution in [0.4, 0.5) is 22.7 Å². The van der Waals surface area contributed by atoms with Gasteiger partial charge in [0.25, 0.3) is 0 Å². The highest BCUT2D eigenvalue weighted by molar-refractivity contribution is 7.49. The zero-order valence-electron chi connectivity index (χ0n) is 31.5. The van der Waals surface area contributed by atoms with Crippen molar-refractivity contribution in [1.82, 2.24) is 0 Å². The fourth-order valence-electron chi connectivity index (χ4n) is 7.59. The average molecular weight is 749 g/mol.